The van der Waals surface area contributed by atoms with Gasteiger partial charge in [-0.25, -0.2) is 18.1 Å². The van der Waals surface area contributed by atoms with E-state index in [1.807, 2.05) is 25.1 Å². The predicted octanol–water partition coefficient (Wildman–Crippen LogP) is 4.54. The lowest BCUT2D eigenvalue weighted by Crippen LogP contribution is -2.54. The molecule has 5 heterocycles. The third-order valence-corrected chi connectivity index (χ3v) is 13.4. The smallest absolute Gasteiger partial charge is 0.262 e. The van der Waals surface area contributed by atoms with Crippen molar-refractivity contribution in [2.75, 3.05) is 54.8 Å². The minimum Gasteiger partial charge on any atom is -0.369 e. The van der Waals surface area contributed by atoms with Gasteiger partial charge in [0.25, 0.3) is 11.8 Å². The molecule has 0 spiro atoms. The number of anilines is 5. The molecule has 17 heteroatoms. The Morgan fingerprint density at radius 2 is 1.52 bits per heavy atom. The Labute approximate surface area is 356 Å². The van der Waals surface area contributed by atoms with E-state index in [1.165, 1.54) is 0 Å². The number of hydrogen-bond donors (Lipinski definition) is 4. The van der Waals surface area contributed by atoms with Gasteiger partial charge < -0.3 is 15.5 Å². The van der Waals surface area contributed by atoms with Crippen LogP contribution in [0.5, 0.6) is 0 Å². The Hall–Kier alpha value is -5.75. The number of rotatable bonds is 11. The SMILES string of the molecule is Cc1cnc(Nc2ccc(N3CCN(C4CCN(Cc5ccc6c(c5)C(=O)N(C5CCC(=O)NC5=O)C6=O)CC4)CC3)cc2)nc1Nc1cccc(S(=O)(=O)NC(C)(C)C)c1. The van der Waals surface area contributed by atoms with Crippen molar-refractivity contribution in [2.24, 2.45) is 0 Å². The Bertz CT molecular complexity index is 2460. The Morgan fingerprint density at radius 1 is 0.803 bits per heavy atom. The Kier molecular flexibility index (Phi) is 11.7. The molecule has 4 aliphatic rings. The van der Waals surface area contributed by atoms with Gasteiger partial charge in [-0.1, -0.05) is 12.1 Å². The summed E-state index contributed by atoms with van der Waals surface area (Å²) in [6.07, 6.45) is 4.05. The molecule has 4 aromatic rings. The van der Waals surface area contributed by atoms with Crippen molar-refractivity contribution in [3.05, 3.63) is 95.2 Å². The predicted molar refractivity (Wildman–Crippen MR) is 231 cm³/mol. The third-order valence-electron chi connectivity index (χ3n) is 11.6. The number of imide groups is 2. The van der Waals surface area contributed by atoms with E-state index in [4.69, 9.17) is 0 Å². The summed E-state index contributed by atoms with van der Waals surface area (Å²) < 4.78 is 28.5. The van der Waals surface area contributed by atoms with E-state index in [0.717, 1.165) is 79.5 Å². The van der Waals surface area contributed by atoms with E-state index in [1.54, 1.807) is 63.4 Å². The summed E-state index contributed by atoms with van der Waals surface area (Å²) in [7, 11) is -3.70. The molecule has 4 amide bonds. The van der Waals surface area contributed by atoms with Gasteiger partial charge in [-0.15, -0.1) is 0 Å². The molecule has 3 fully saturated rings. The molecule has 0 aliphatic carbocycles. The van der Waals surface area contributed by atoms with Crippen LogP contribution in [0.15, 0.2) is 77.8 Å². The van der Waals surface area contributed by atoms with Gasteiger partial charge in [0.2, 0.25) is 27.8 Å². The third kappa shape index (κ3) is 9.44. The lowest BCUT2D eigenvalue weighted by Gasteiger charge is -2.43. The van der Waals surface area contributed by atoms with Crippen LogP contribution >= 0.6 is 0 Å². The molecule has 3 saturated heterocycles. The highest BCUT2D eigenvalue weighted by molar-refractivity contribution is 7.89. The Balaban J connectivity index is 0.801. The van der Waals surface area contributed by atoms with Crippen LogP contribution in [-0.2, 0) is 26.2 Å². The van der Waals surface area contributed by atoms with Crippen molar-refractivity contribution in [1.82, 2.24) is 34.7 Å². The van der Waals surface area contributed by atoms with Gasteiger partial charge in [-0.2, -0.15) is 4.98 Å². The van der Waals surface area contributed by atoms with E-state index in [0.29, 0.717) is 41.2 Å². The van der Waals surface area contributed by atoms with Crippen LogP contribution in [-0.4, -0.2) is 114 Å². The molecule has 8 rings (SSSR count). The number of carbonyl (C=O) groups excluding carboxylic acids is 4. The monoisotopic (exact) mass is 848 g/mol. The van der Waals surface area contributed by atoms with Crippen molar-refractivity contribution >= 4 is 62.5 Å². The van der Waals surface area contributed by atoms with E-state index in [2.05, 4.69) is 57.5 Å². The van der Waals surface area contributed by atoms with Crippen LogP contribution in [0, 0.1) is 6.92 Å². The summed E-state index contributed by atoms with van der Waals surface area (Å²) in [4.78, 5) is 68.2. The van der Waals surface area contributed by atoms with Crippen molar-refractivity contribution in [3.63, 3.8) is 0 Å². The normalized spacial score (nSPS) is 19.6. The quantitative estimate of drug-likeness (QED) is 0.154. The van der Waals surface area contributed by atoms with Gasteiger partial charge in [-0.3, -0.25) is 39.2 Å². The molecule has 0 saturated carbocycles. The van der Waals surface area contributed by atoms with Gasteiger partial charge in [-0.05, 0) is 120 Å². The highest BCUT2D eigenvalue weighted by Gasteiger charge is 2.44. The molecule has 0 radical (unpaired) electrons. The molecular weight excluding hydrogens is 797 g/mol. The van der Waals surface area contributed by atoms with Crippen LogP contribution in [0.4, 0.5) is 28.8 Å². The summed E-state index contributed by atoms with van der Waals surface area (Å²) in [5.41, 5.74) is 4.36. The fourth-order valence-corrected chi connectivity index (χ4v) is 9.98. The lowest BCUT2D eigenvalue weighted by molar-refractivity contribution is -0.136. The van der Waals surface area contributed by atoms with Crippen LogP contribution in [0.2, 0.25) is 0 Å². The van der Waals surface area contributed by atoms with Gasteiger partial charge in [0.05, 0.1) is 16.0 Å². The molecule has 1 aromatic heterocycles. The first-order valence-corrected chi connectivity index (χ1v) is 22.3. The van der Waals surface area contributed by atoms with Crippen LogP contribution < -0.4 is 25.6 Å². The number of hydrogen-bond acceptors (Lipinski definition) is 13. The number of amides is 4. The van der Waals surface area contributed by atoms with Gasteiger partial charge in [0.15, 0.2) is 0 Å². The van der Waals surface area contributed by atoms with Crippen molar-refractivity contribution in [2.45, 2.75) is 82.4 Å². The number of nitrogens with zero attached hydrogens (tertiary/aromatic N) is 6. The first-order valence-electron chi connectivity index (χ1n) is 20.8. The number of sulfonamides is 1. The molecule has 1 atom stereocenters. The number of fused-ring (bicyclic) bond motifs is 1. The van der Waals surface area contributed by atoms with Crippen LogP contribution in [0.3, 0.4) is 0 Å². The lowest BCUT2D eigenvalue weighted by atomic mass is 10.0. The van der Waals surface area contributed by atoms with E-state index in [-0.39, 0.29) is 17.7 Å². The zero-order valence-corrected chi connectivity index (χ0v) is 35.7. The molecule has 1 unspecified atom stereocenters. The number of aromatic nitrogens is 2. The van der Waals surface area contributed by atoms with E-state index < -0.39 is 45.2 Å². The zero-order chi connectivity index (χ0) is 43.1. The van der Waals surface area contributed by atoms with Crippen LogP contribution in [0.25, 0.3) is 0 Å². The molecule has 3 aromatic carbocycles. The maximum absolute atomic E-state index is 13.3. The average Bonchev–Trinajstić information content (AvgIpc) is 3.47. The molecule has 16 nitrogen and oxygen atoms in total. The highest BCUT2D eigenvalue weighted by atomic mass is 32.2. The van der Waals surface area contributed by atoms with Gasteiger partial charge in [0.1, 0.15) is 11.9 Å². The molecule has 4 aliphatic heterocycles. The second-order valence-electron chi connectivity index (χ2n) is 17.3. The molecule has 61 heavy (non-hydrogen) atoms. The molecule has 0 bridgehead atoms. The van der Waals surface area contributed by atoms with Crippen LogP contribution in [0.1, 0.15) is 78.3 Å². The molecular formula is C44H52N10O6S. The fourth-order valence-electron chi connectivity index (χ4n) is 8.52. The minimum atomic E-state index is -3.70. The van der Waals surface area contributed by atoms with E-state index >= 15 is 0 Å². The summed E-state index contributed by atoms with van der Waals surface area (Å²) in [5, 5.41) is 8.79. The maximum atomic E-state index is 13.3. The summed E-state index contributed by atoms with van der Waals surface area (Å²) >= 11 is 0. The maximum Gasteiger partial charge on any atom is 0.262 e. The number of piperazine rings is 1. The average molecular weight is 849 g/mol. The fraction of sp³-hybridized carbons (Fsp3) is 0.409. The standard InChI is InChI=1S/C44H52N10O6S/c1-28-26-45-43(49-39(28)46-31-6-5-7-34(25-31)61(59,60)50-44(2,3)4)47-30-9-11-32(12-10-30)52-20-22-53(23-21-52)33-16-18-51(19-17-33)27-29-8-13-35-36(24-29)42(58)54(41(35)57)37-14-15-38(55)48-40(37)56/h5-13,24-26,33,37,50H,14-23,27H2,1-4H3,(H,48,55,56)(H2,45,46,47,49). The topological polar surface area (TPSA) is 189 Å². The number of aryl methyl sites for hydroxylation is 1. The highest BCUT2D eigenvalue weighted by Crippen LogP contribution is 2.30. The molecule has 320 valence electrons. The first-order chi connectivity index (χ1) is 29.1. The summed E-state index contributed by atoms with van der Waals surface area (Å²) in [6.45, 7) is 13.6. The molecule has 4 N–H and O–H groups in total. The first kappa shape index (κ1) is 42.0. The second kappa shape index (κ2) is 17.0. The zero-order valence-electron chi connectivity index (χ0n) is 34.9. The summed E-state index contributed by atoms with van der Waals surface area (Å²) in [6, 6.07) is 19.8. The Morgan fingerprint density at radius 3 is 2.23 bits per heavy atom. The number of nitrogens with one attached hydrogen (secondary N) is 4. The van der Waals surface area contributed by atoms with Crippen molar-refractivity contribution in [3.8, 4) is 0 Å². The van der Waals surface area contributed by atoms with Crippen molar-refractivity contribution in [1.29, 1.82) is 0 Å². The number of piperidine rings is 2. The summed E-state index contributed by atoms with van der Waals surface area (Å²) in [5.74, 6) is -0.985. The van der Waals surface area contributed by atoms with Crippen molar-refractivity contribution < 1.29 is 27.6 Å². The van der Waals surface area contributed by atoms with Gasteiger partial charge >= 0.3 is 0 Å². The number of likely N-dealkylation sites (tertiary alicyclic amines) is 1. The number of carbonyl (C=O) groups is 4. The second-order valence-corrected chi connectivity index (χ2v) is 18.9. The minimum absolute atomic E-state index is 0.0926. The number of benzene rings is 3. The van der Waals surface area contributed by atoms with E-state index in [9.17, 15) is 27.6 Å². The van der Waals surface area contributed by atoms with Gasteiger partial charge in [0, 0.05) is 79.5 Å². The largest absolute Gasteiger partial charge is 0.369 e.